The fourth-order valence-electron chi connectivity index (χ4n) is 1.57. The summed E-state index contributed by atoms with van der Waals surface area (Å²) in [5, 5.41) is 0. The molecule has 1 aliphatic heterocycles. The molecule has 0 saturated heterocycles. The van der Waals surface area contributed by atoms with Crippen LogP contribution in [0.1, 0.15) is 30.9 Å². The average molecular weight is 176 g/mol. The number of esters is 1. The molecule has 0 fully saturated rings. The Morgan fingerprint density at radius 2 is 2.23 bits per heavy atom. The molecule has 68 valence electrons. The van der Waals surface area contributed by atoms with Crippen molar-refractivity contribution in [2.75, 3.05) is 0 Å². The predicted molar refractivity (Wildman–Crippen MR) is 49.9 cm³/mol. The topological polar surface area (TPSA) is 26.3 Å². The van der Waals surface area contributed by atoms with Crippen molar-refractivity contribution in [1.29, 1.82) is 0 Å². The van der Waals surface area contributed by atoms with Gasteiger partial charge in [0.1, 0.15) is 5.75 Å². The number of fused-ring (bicyclic) bond motifs is 1. The van der Waals surface area contributed by atoms with E-state index in [1.165, 1.54) is 5.56 Å². The van der Waals surface area contributed by atoms with Gasteiger partial charge in [0, 0.05) is 5.56 Å². The molecule has 0 bridgehead atoms. The van der Waals surface area contributed by atoms with Gasteiger partial charge in [-0.25, -0.2) is 0 Å². The van der Waals surface area contributed by atoms with Crippen LogP contribution in [0.3, 0.4) is 0 Å². The second kappa shape index (κ2) is 2.87. The van der Waals surface area contributed by atoms with Crippen LogP contribution in [-0.2, 0) is 11.2 Å². The van der Waals surface area contributed by atoms with Gasteiger partial charge in [0.05, 0.1) is 5.92 Å². The molecule has 1 aliphatic rings. The molecule has 0 radical (unpaired) electrons. The Morgan fingerprint density at radius 3 is 2.92 bits per heavy atom. The first kappa shape index (κ1) is 8.30. The van der Waals surface area contributed by atoms with Crippen molar-refractivity contribution in [3.8, 4) is 5.75 Å². The number of aryl methyl sites for hydroxylation is 1. The van der Waals surface area contributed by atoms with Gasteiger partial charge in [0.25, 0.3) is 0 Å². The van der Waals surface area contributed by atoms with E-state index in [0.717, 1.165) is 17.7 Å². The van der Waals surface area contributed by atoms with Crippen LogP contribution < -0.4 is 4.74 Å². The van der Waals surface area contributed by atoms with E-state index in [0.29, 0.717) is 0 Å². The number of rotatable bonds is 1. The number of ether oxygens (including phenoxy) is 1. The molecule has 13 heavy (non-hydrogen) atoms. The van der Waals surface area contributed by atoms with Crippen LogP contribution >= 0.6 is 0 Å². The summed E-state index contributed by atoms with van der Waals surface area (Å²) in [6.07, 6.45) is 0.971. The Bertz CT molecular complexity index is 355. The van der Waals surface area contributed by atoms with Crippen molar-refractivity contribution >= 4 is 5.97 Å². The van der Waals surface area contributed by atoms with E-state index in [1.54, 1.807) is 0 Å². The van der Waals surface area contributed by atoms with Crippen molar-refractivity contribution < 1.29 is 9.53 Å². The van der Waals surface area contributed by atoms with Crippen LogP contribution in [0.4, 0.5) is 0 Å². The lowest BCUT2D eigenvalue weighted by atomic mass is 10.0. The third kappa shape index (κ3) is 1.22. The first-order chi connectivity index (χ1) is 6.22. The third-order valence-electron chi connectivity index (χ3n) is 2.52. The zero-order valence-electron chi connectivity index (χ0n) is 7.83. The third-order valence-corrected chi connectivity index (χ3v) is 2.52. The van der Waals surface area contributed by atoms with Gasteiger partial charge in [-0.1, -0.05) is 19.1 Å². The van der Waals surface area contributed by atoms with Crippen molar-refractivity contribution in [3.05, 3.63) is 29.3 Å². The summed E-state index contributed by atoms with van der Waals surface area (Å²) >= 11 is 0. The lowest BCUT2D eigenvalue weighted by Gasteiger charge is -2.00. The van der Waals surface area contributed by atoms with Crippen molar-refractivity contribution in [3.63, 3.8) is 0 Å². The van der Waals surface area contributed by atoms with E-state index < -0.39 is 0 Å². The largest absolute Gasteiger partial charge is 0.426 e. The molecular weight excluding hydrogens is 164 g/mol. The van der Waals surface area contributed by atoms with Gasteiger partial charge in [-0.2, -0.15) is 0 Å². The molecule has 0 amide bonds. The van der Waals surface area contributed by atoms with Gasteiger partial charge in [0.2, 0.25) is 0 Å². The first-order valence-electron chi connectivity index (χ1n) is 4.57. The second-order valence-electron chi connectivity index (χ2n) is 3.37. The van der Waals surface area contributed by atoms with Crippen LogP contribution in [0.2, 0.25) is 0 Å². The predicted octanol–water partition coefficient (Wildman–Crippen LogP) is 2.27. The van der Waals surface area contributed by atoms with E-state index in [1.807, 2.05) is 19.1 Å². The van der Waals surface area contributed by atoms with Gasteiger partial charge in [-0.15, -0.1) is 0 Å². The summed E-state index contributed by atoms with van der Waals surface area (Å²) in [6.45, 7) is 3.96. The summed E-state index contributed by atoms with van der Waals surface area (Å²) in [6, 6.07) is 6.00. The molecule has 1 unspecified atom stereocenters. The van der Waals surface area contributed by atoms with Crippen molar-refractivity contribution in [2.24, 2.45) is 0 Å². The minimum atomic E-state index is -0.136. The maximum Gasteiger partial charge on any atom is 0.318 e. The maximum absolute atomic E-state index is 11.2. The molecular formula is C11H12O2. The van der Waals surface area contributed by atoms with Crippen molar-refractivity contribution in [2.45, 2.75) is 26.2 Å². The normalized spacial score (nSPS) is 19.8. The van der Waals surface area contributed by atoms with Crippen LogP contribution in [-0.4, -0.2) is 5.97 Å². The lowest BCUT2D eigenvalue weighted by Crippen LogP contribution is -2.05. The molecule has 0 saturated carbocycles. The summed E-state index contributed by atoms with van der Waals surface area (Å²) < 4.78 is 5.12. The molecule has 0 aromatic heterocycles. The zero-order valence-corrected chi connectivity index (χ0v) is 7.83. The molecule has 1 aromatic rings. The molecule has 2 rings (SSSR count). The quantitative estimate of drug-likeness (QED) is 0.484. The molecule has 1 heterocycles. The van der Waals surface area contributed by atoms with E-state index in [2.05, 4.69) is 13.0 Å². The van der Waals surface area contributed by atoms with Gasteiger partial charge < -0.3 is 4.74 Å². The van der Waals surface area contributed by atoms with Crippen LogP contribution in [0.15, 0.2) is 18.2 Å². The van der Waals surface area contributed by atoms with Crippen LogP contribution in [0.5, 0.6) is 5.75 Å². The summed E-state index contributed by atoms with van der Waals surface area (Å²) in [4.78, 5) is 11.2. The maximum atomic E-state index is 11.2. The monoisotopic (exact) mass is 176 g/mol. The van der Waals surface area contributed by atoms with Crippen molar-refractivity contribution in [1.82, 2.24) is 0 Å². The highest BCUT2D eigenvalue weighted by Crippen LogP contribution is 2.34. The SMILES string of the molecule is CCc1ccc2c(c1)OC(=O)C2C. The Kier molecular flexibility index (Phi) is 1.83. The van der Waals surface area contributed by atoms with Gasteiger partial charge >= 0.3 is 5.97 Å². The second-order valence-corrected chi connectivity index (χ2v) is 3.37. The highest BCUT2D eigenvalue weighted by molar-refractivity contribution is 5.85. The number of carbonyl (C=O) groups excluding carboxylic acids is 1. The van der Waals surface area contributed by atoms with Crippen LogP contribution in [0.25, 0.3) is 0 Å². The summed E-state index contributed by atoms with van der Waals surface area (Å²) in [5.41, 5.74) is 2.22. The van der Waals surface area contributed by atoms with E-state index >= 15 is 0 Å². The number of hydrogen-bond acceptors (Lipinski definition) is 2. The van der Waals surface area contributed by atoms with Gasteiger partial charge in [0.15, 0.2) is 0 Å². The molecule has 2 nitrogen and oxygen atoms in total. The number of hydrogen-bond donors (Lipinski definition) is 0. The Labute approximate surface area is 77.5 Å². The van der Waals surface area contributed by atoms with Gasteiger partial charge in [-0.05, 0) is 25.0 Å². The Hall–Kier alpha value is -1.31. The standard InChI is InChI=1S/C11H12O2/c1-3-8-4-5-9-7(2)11(12)13-10(9)6-8/h4-7H,3H2,1-2H3. The highest BCUT2D eigenvalue weighted by Gasteiger charge is 2.28. The molecule has 1 atom stereocenters. The van der Waals surface area contributed by atoms with E-state index in [9.17, 15) is 4.79 Å². The number of benzene rings is 1. The smallest absolute Gasteiger partial charge is 0.318 e. The summed E-state index contributed by atoms with van der Waals surface area (Å²) in [5.74, 6) is 0.515. The first-order valence-corrected chi connectivity index (χ1v) is 4.57. The fraction of sp³-hybridized carbons (Fsp3) is 0.364. The molecule has 0 N–H and O–H groups in total. The fourth-order valence-corrected chi connectivity index (χ4v) is 1.57. The molecule has 0 spiro atoms. The highest BCUT2D eigenvalue weighted by atomic mass is 16.5. The molecule has 2 heteroatoms. The Balaban J connectivity index is 2.46. The number of carbonyl (C=O) groups is 1. The Morgan fingerprint density at radius 1 is 1.46 bits per heavy atom. The van der Waals surface area contributed by atoms with Crippen LogP contribution in [0, 0.1) is 0 Å². The minimum Gasteiger partial charge on any atom is -0.426 e. The molecule has 1 aromatic carbocycles. The average Bonchev–Trinajstić information content (AvgIpc) is 2.42. The molecule has 0 aliphatic carbocycles. The summed E-state index contributed by atoms with van der Waals surface area (Å²) in [7, 11) is 0. The zero-order chi connectivity index (χ0) is 9.42. The lowest BCUT2D eigenvalue weighted by molar-refractivity contribution is -0.133. The minimum absolute atomic E-state index is 0.0964. The van der Waals surface area contributed by atoms with E-state index in [4.69, 9.17) is 4.74 Å². The van der Waals surface area contributed by atoms with Gasteiger partial charge in [-0.3, -0.25) is 4.79 Å². The van der Waals surface area contributed by atoms with E-state index in [-0.39, 0.29) is 11.9 Å².